The highest BCUT2D eigenvalue weighted by molar-refractivity contribution is 7.99. The van der Waals surface area contributed by atoms with Gasteiger partial charge in [-0.25, -0.2) is 4.39 Å². The molecule has 2 aromatic rings. The van der Waals surface area contributed by atoms with Gasteiger partial charge in [-0.1, -0.05) is 24.6 Å². The Hall–Kier alpha value is -0.550. The minimum atomic E-state index is -0.191. The molecule has 1 atom stereocenters. The maximum Gasteiger partial charge on any atom is 0.124 e. The number of nitrogens with one attached hydrogen (secondary N) is 1. The van der Waals surface area contributed by atoms with Crippen molar-refractivity contribution in [3.05, 3.63) is 51.4 Å². The summed E-state index contributed by atoms with van der Waals surface area (Å²) in [6.45, 7) is 2.97. The Morgan fingerprint density at radius 1 is 1.37 bits per heavy atom. The van der Waals surface area contributed by atoms with Gasteiger partial charge >= 0.3 is 0 Å². The first-order valence-corrected chi connectivity index (χ1v) is 8.24. The Labute approximate surface area is 126 Å². The van der Waals surface area contributed by atoms with Crippen LogP contribution in [0.25, 0.3) is 0 Å². The van der Waals surface area contributed by atoms with E-state index >= 15 is 0 Å². The summed E-state index contributed by atoms with van der Waals surface area (Å²) in [5.41, 5.74) is 0. The molecule has 5 heteroatoms. The Morgan fingerprint density at radius 3 is 2.84 bits per heavy atom. The normalized spacial score (nSPS) is 12.6. The maximum absolute atomic E-state index is 13.1. The smallest absolute Gasteiger partial charge is 0.124 e. The van der Waals surface area contributed by atoms with Crippen LogP contribution in [0.15, 0.2) is 41.3 Å². The number of hydrogen-bond acceptors (Lipinski definition) is 3. The van der Waals surface area contributed by atoms with E-state index in [2.05, 4.69) is 12.2 Å². The summed E-state index contributed by atoms with van der Waals surface area (Å²) in [6, 6.07) is 10.9. The van der Waals surface area contributed by atoms with Crippen molar-refractivity contribution in [3.63, 3.8) is 0 Å². The van der Waals surface area contributed by atoms with E-state index in [1.807, 2.05) is 18.2 Å². The molecule has 19 heavy (non-hydrogen) atoms. The third kappa shape index (κ3) is 4.49. The molecule has 2 rings (SSSR count). The Morgan fingerprint density at radius 2 is 2.21 bits per heavy atom. The van der Waals surface area contributed by atoms with E-state index in [0.29, 0.717) is 0 Å². The lowest BCUT2D eigenvalue weighted by molar-refractivity contribution is 0.614. The van der Waals surface area contributed by atoms with E-state index in [1.165, 1.54) is 10.9 Å². The average molecular weight is 316 g/mol. The zero-order valence-corrected chi connectivity index (χ0v) is 12.9. The molecule has 0 spiro atoms. The summed E-state index contributed by atoms with van der Waals surface area (Å²) in [4.78, 5) is 2.17. The van der Waals surface area contributed by atoms with Crippen molar-refractivity contribution < 1.29 is 4.39 Å². The lowest BCUT2D eigenvalue weighted by Crippen LogP contribution is -2.21. The van der Waals surface area contributed by atoms with Gasteiger partial charge < -0.3 is 5.32 Å². The first kappa shape index (κ1) is 14.9. The maximum atomic E-state index is 13.1. The fourth-order valence-electron chi connectivity index (χ4n) is 1.74. The van der Waals surface area contributed by atoms with Crippen molar-refractivity contribution in [2.24, 2.45) is 0 Å². The zero-order chi connectivity index (χ0) is 13.7. The summed E-state index contributed by atoms with van der Waals surface area (Å²) < 4.78 is 13.9. The van der Waals surface area contributed by atoms with Crippen molar-refractivity contribution in [1.82, 2.24) is 5.32 Å². The van der Waals surface area contributed by atoms with Crippen molar-refractivity contribution >= 4 is 34.7 Å². The van der Waals surface area contributed by atoms with E-state index < -0.39 is 0 Å². The molecular weight excluding hydrogens is 301 g/mol. The summed E-state index contributed by atoms with van der Waals surface area (Å²) >= 11 is 9.21. The number of benzene rings is 1. The number of rotatable bonds is 6. The molecule has 1 heterocycles. The quantitative estimate of drug-likeness (QED) is 0.754. The summed E-state index contributed by atoms with van der Waals surface area (Å²) in [6.07, 6.45) is 0. The lowest BCUT2D eigenvalue weighted by Gasteiger charge is -2.15. The fraction of sp³-hybridized carbons (Fsp3) is 0.286. The number of halogens is 2. The van der Waals surface area contributed by atoms with Gasteiger partial charge in [-0.3, -0.25) is 0 Å². The van der Waals surface area contributed by atoms with Gasteiger partial charge in [0.2, 0.25) is 0 Å². The fourth-order valence-corrected chi connectivity index (χ4v) is 4.01. The zero-order valence-electron chi connectivity index (χ0n) is 10.5. The molecule has 1 unspecified atom stereocenters. The van der Waals surface area contributed by atoms with Crippen LogP contribution >= 0.6 is 34.7 Å². The predicted molar refractivity (Wildman–Crippen MR) is 82.9 cm³/mol. The van der Waals surface area contributed by atoms with Crippen LogP contribution in [0.2, 0.25) is 4.34 Å². The molecule has 0 aliphatic rings. The first-order valence-electron chi connectivity index (χ1n) is 6.06. The van der Waals surface area contributed by atoms with Gasteiger partial charge in [0.05, 0.1) is 10.4 Å². The Kier molecular flexibility index (Phi) is 5.70. The van der Waals surface area contributed by atoms with E-state index in [-0.39, 0.29) is 11.9 Å². The van der Waals surface area contributed by atoms with Crippen LogP contribution in [-0.4, -0.2) is 12.3 Å². The van der Waals surface area contributed by atoms with Crippen LogP contribution in [-0.2, 0) is 0 Å². The predicted octanol–water partition coefficient (Wildman–Crippen LogP) is 4.98. The lowest BCUT2D eigenvalue weighted by atomic mass is 10.3. The highest BCUT2D eigenvalue weighted by atomic mass is 35.5. The molecular formula is C14H15ClFNS2. The number of hydrogen-bond donors (Lipinski definition) is 1. The largest absolute Gasteiger partial charge is 0.309 e. The number of thioether (sulfide) groups is 1. The van der Waals surface area contributed by atoms with E-state index in [0.717, 1.165) is 21.5 Å². The van der Waals surface area contributed by atoms with Gasteiger partial charge in [0.1, 0.15) is 5.82 Å². The summed E-state index contributed by atoms with van der Waals surface area (Å²) in [5.74, 6) is 0.665. The minimum Gasteiger partial charge on any atom is -0.309 e. The molecule has 1 nitrogen and oxygen atoms in total. The minimum absolute atomic E-state index is 0.191. The molecule has 1 N–H and O–H groups in total. The van der Waals surface area contributed by atoms with Crippen LogP contribution in [0, 0.1) is 5.82 Å². The third-order valence-electron chi connectivity index (χ3n) is 2.60. The summed E-state index contributed by atoms with van der Waals surface area (Å²) in [7, 11) is 0. The number of thiophene rings is 1. The highest BCUT2D eigenvalue weighted by Gasteiger charge is 2.13. The summed E-state index contributed by atoms with van der Waals surface area (Å²) in [5, 5.41) is 3.43. The van der Waals surface area contributed by atoms with Crippen LogP contribution < -0.4 is 5.32 Å². The van der Waals surface area contributed by atoms with Crippen molar-refractivity contribution in [2.45, 2.75) is 17.9 Å². The van der Waals surface area contributed by atoms with Crippen LogP contribution in [0.3, 0.4) is 0 Å². The SMILES string of the molecule is CCNC(CSc1cccc(F)c1)c1ccc(Cl)s1. The second-order valence-corrected chi connectivity index (χ2v) is 6.86. The molecule has 0 saturated carbocycles. The Bertz CT molecular complexity index is 530. The molecule has 0 bridgehead atoms. The Balaban J connectivity index is 2.01. The highest BCUT2D eigenvalue weighted by Crippen LogP contribution is 2.31. The molecule has 0 fully saturated rings. The molecule has 0 aliphatic heterocycles. The standard InChI is InChI=1S/C14H15ClFNS2/c1-2-17-12(13-6-7-14(15)19-13)9-18-11-5-3-4-10(16)8-11/h3-8,12,17H,2,9H2,1H3. The topological polar surface area (TPSA) is 12.0 Å². The van der Waals surface area contributed by atoms with Gasteiger partial charge in [-0.15, -0.1) is 23.1 Å². The van der Waals surface area contributed by atoms with E-state index in [1.54, 1.807) is 35.2 Å². The van der Waals surface area contributed by atoms with E-state index in [9.17, 15) is 4.39 Å². The monoisotopic (exact) mass is 315 g/mol. The first-order chi connectivity index (χ1) is 9.19. The molecule has 0 saturated heterocycles. The van der Waals surface area contributed by atoms with Crippen molar-refractivity contribution in [1.29, 1.82) is 0 Å². The van der Waals surface area contributed by atoms with Gasteiger partial charge in [-0.2, -0.15) is 0 Å². The van der Waals surface area contributed by atoms with Crippen LogP contribution in [0.1, 0.15) is 17.8 Å². The van der Waals surface area contributed by atoms with Gasteiger partial charge in [0.25, 0.3) is 0 Å². The second kappa shape index (κ2) is 7.29. The van der Waals surface area contributed by atoms with Crippen LogP contribution in [0.5, 0.6) is 0 Å². The molecule has 102 valence electrons. The average Bonchev–Trinajstić information content (AvgIpc) is 2.81. The van der Waals surface area contributed by atoms with Gasteiger partial charge in [0, 0.05) is 15.5 Å². The van der Waals surface area contributed by atoms with Crippen molar-refractivity contribution in [3.8, 4) is 0 Å². The molecule has 0 amide bonds. The molecule has 0 radical (unpaired) electrons. The second-order valence-electron chi connectivity index (χ2n) is 4.02. The van der Waals surface area contributed by atoms with Crippen LogP contribution in [0.4, 0.5) is 4.39 Å². The third-order valence-corrected chi connectivity index (χ3v) is 5.03. The molecule has 0 aliphatic carbocycles. The van der Waals surface area contributed by atoms with Crippen molar-refractivity contribution in [2.75, 3.05) is 12.3 Å². The van der Waals surface area contributed by atoms with Gasteiger partial charge in [0.15, 0.2) is 0 Å². The molecule has 1 aromatic heterocycles. The molecule has 1 aromatic carbocycles. The van der Waals surface area contributed by atoms with Gasteiger partial charge in [-0.05, 0) is 36.9 Å². The van der Waals surface area contributed by atoms with E-state index in [4.69, 9.17) is 11.6 Å².